The molecule has 0 spiro atoms. The maximum Gasteiger partial charge on any atom is 1.00 e. The summed E-state index contributed by atoms with van der Waals surface area (Å²) in [5.74, 6) is 0. The van der Waals surface area contributed by atoms with E-state index in [9.17, 15) is 87.7 Å². The number of anilines is 3. The third-order valence-corrected chi connectivity index (χ3v) is 19.3. The predicted molar refractivity (Wildman–Crippen MR) is 256 cm³/mol. The first-order valence-electron chi connectivity index (χ1n) is 19.8. The van der Waals surface area contributed by atoms with Crippen LogP contribution in [0.15, 0.2) is 165 Å². The predicted octanol–water partition coefficient (Wildman–Crippen LogP) is -15.2. The van der Waals surface area contributed by atoms with Gasteiger partial charge in [-0.15, -0.1) is 0 Å². The summed E-state index contributed by atoms with van der Waals surface area (Å²) >= 11 is 0.883. The molecule has 27 nitrogen and oxygen atoms in total. The monoisotopic (exact) mass is 1350 g/mol. The van der Waals surface area contributed by atoms with Crippen molar-refractivity contribution < 1.29 is 284 Å². The van der Waals surface area contributed by atoms with Gasteiger partial charge < -0.3 is 28.7 Å². The minimum absolute atomic E-state index is 0. The normalized spacial score (nSPS) is 12.2. The van der Waals surface area contributed by atoms with Gasteiger partial charge in [0, 0.05) is 32.2 Å². The maximum absolute atomic E-state index is 14.4. The fourth-order valence-corrected chi connectivity index (χ4v) is 14.8. The van der Waals surface area contributed by atoms with Crippen molar-refractivity contribution in [1.82, 2.24) is 0 Å². The summed E-state index contributed by atoms with van der Waals surface area (Å²) in [6, 6.07) is 18.2. The van der Waals surface area contributed by atoms with Crippen LogP contribution in [0.3, 0.4) is 0 Å². The summed E-state index contributed by atoms with van der Waals surface area (Å²) < 4.78 is 245. The van der Waals surface area contributed by atoms with E-state index in [2.05, 4.69) is 32.9 Å². The van der Waals surface area contributed by atoms with Crippen molar-refractivity contribution in [2.75, 3.05) is 14.2 Å². The summed E-state index contributed by atoms with van der Waals surface area (Å²) in [7, 11) is -36.8. The Balaban J connectivity index is 0.00000383. The fourth-order valence-electron chi connectivity index (χ4n) is 7.51. The Kier molecular flexibility index (Phi) is 28.9. The first kappa shape index (κ1) is 78.2. The quantitative estimate of drug-likeness (QED) is 0.0222. The number of hydrogen-bond donors (Lipinski definition) is 3. The molecule has 0 fully saturated rings. The molecule has 0 amide bonds. The van der Waals surface area contributed by atoms with E-state index in [1.54, 1.807) is 0 Å². The zero-order valence-corrected chi connectivity index (χ0v) is 61.9. The third-order valence-electron chi connectivity index (χ3n) is 10.6. The van der Waals surface area contributed by atoms with Crippen molar-refractivity contribution >= 4 is 155 Å². The number of hydrogen-bond acceptors (Lipinski definition) is 26. The van der Waals surface area contributed by atoms with Crippen LogP contribution in [0.5, 0.6) is 0 Å². The van der Waals surface area contributed by atoms with Gasteiger partial charge in [0.25, 0.3) is 30.1 Å². The Morgan fingerprint density at radius 3 is 1.11 bits per heavy atom. The standard InChI is InChI=1S/C40H29N3O24S9.6Na/c44-64-66-68-28-12-21-9-25(1-5-33(21)37(17-28)69-67-65-45)41-70(46,47)29-4-8-34-24(13-29)14-30(71(48,49)42-26-2-6-35-22(10-26)15-31(73(52,53)54)19-39(35)75(58,59)60)18-38(34)72(50,51)43-27-3-7-36-23(11-27)16-32(74(55,56)57)20-40(36)76(61,62)63;;;;;;/h1-20,41-45H,(H,52,53,54)(H,55,56,57)(H,58,59,60)(H,61,62,63);;;;;;/q;6*+1/p-6. The van der Waals surface area contributed by atoms with Gasteiger partial charge in [-0.3, -0.25) is 24.2 Å². The summed E-state index contributed by atoms with van der Waals surface area (Å²) in [4.78, 5) is -6.72. The van der Waals surface area contributed by atoms with Crippen molar-refractivity contribution in [2.45, 2.75) is 44.1 Å². The summed E-state index contributed by atoms with van der Waals surface area (Å²) in [6.45, 7) is 0. The molecule has 0 unspecified atom stereocenters. The number of nitrogens with one attached hydrogen (secondary N) is 3. The van der Waals surface area contributed by atoms with Gasteiger partial charge in [0.15, 0.2) is 0 Å². The van der Waals surface area contributed by atoms with Crippen molar-refractivity contribution in [3.8, 4) is 0 Å². The van der Waals surface area contributed by atoms with Crippen molar-refractivity contribution in [3.63, 3.8) is 0 Å². The molecule has 0 heterocycles. The molecule has 0 saturated carbocycles. The molecule has 0 bridgehead atoms. The second-order valence-electron chi connectivity index (χ2n) is 15.4. The Morgan fingerprint density at radius 1 is 0.329 bits per heavy atom. The number of sulfonamides is 3. The van der Waals surface area contributed by atoms with E-state index in [0.717, 1.165) is 60.7 Å². The average Bonchev–Trinajstić information content (AvgIpc) is 3.31. The van der Waals surface area contributed by atoms with E-state index in [1.165, 1.54) is 30.3 Å². The van der Waals surface area contributed by atoms with E-state index in [-0.39, 0.29) is 204 Å². The van der Waals surface area contributed by atoms with Crippen LogP contribution in [-0.4, -0.2) is 77.1 Å². The van der Waals surface area contributed by atoms with Crippen LogP contribution < -0.4 is 202 Å². The van der Waals surface area contributed by atoms with Crippen LogP contribution in [0.4, 0.5) is 17.1 Å². The molecular weight excluding hydrogens is 1330 g/mol. The first-order valence-corrected chi connectivity index (χ1v) is 31.3. The molecule has 0 aromatic heterocycles. The number of fused-ring (bicyclic) bond motifs is 4. The van der Waals surface area contributed by atoms with Gasteiger partial charge >= 0.3 is 177 Å². The van der Waals surface area contributed by atoms with Crippen LogP contribution in [0.25, 0.3) is 43.1 Å². The van der Waals surface area contributed by atoms with Gasteiger partial charge in [0.05, 0.1) is 58.4 Å². The Morgan fingerprint density at radius 2 is 0.671 bits per heavy atom. The molecule has 402 valence electrons. The zero-order valence-electron chi connectivity index (χ0n) is 42.5. The van der Waals surface area contributed by atoms with Crippen molar-refractivity contribution in [2.24, 2.45) is 0 Å². The molecular formula is C40H23N3Na6O24S9. The minimum Gasteiger partial charge on any atom is -0.744 e. The van der Waals surface area contributed by atoms with Crippen LogP contribution >= 0.6 is 24.1 Å². The molecule has 3 N–H and O–H groups in total. The van der Waals surface area contributed by atoms with E-state index in [0.29, 0.717) is 59.8 Å². The Hall–Kier alpha value is 0.150. The fraction of sp³-hybridized carbons (Fsp3) is 0. The SMILES string of the molecule is O=S(=O)([O-])c1cc(S(=O)(=O)[O-])c2ccc(NS(=O)(=O)c3cc(S(=O)(=O)Nc4ccc5c(S(=O)(=O)[O-])cc(S(=O)(=O)[O-])cc5c4)c4ccc(S(=O)(=O)Nc5ccc6c(SOO[O-])cc(SOO[O-])cc6c5)cc4c3)cc2c1.[Na+].[Na+].[Na+].[Na+].[Na+].[Na+]. The Labute approximate surface area is 608 Å². The third kappa shape index (κ3) is 18.4. The van der Waals surface area contributed by atoms with Crippen LogP contribution in [0.1, 0.15) is 0 Å². The van der Waals surface area contributed by atoms with Gasteiger partial charge in [0.2, 0.25) is 0 Å². The topological polar surface area (TPSA) is 450 Å². The van der Waals surface area contributed by atoms with E-state index < -0.39 is 143 Å². The molecule has 8 rings (SSSR count). The van der Waals surface area contributed by atoms with Gasteiger partial charge in [-0.25, -0.2) is 58.9 Å². The summed E-state index contributed by atoms with van der Waals surface area (Å²) in [6.07, 6.45) is 0. The zero-order chi connectivity index (χ0) is 55.6. The van der Waals surface area contributed by atoms with Crippen LogP contribution in [-0.2, 0) is 89.3 Å². The number of benzene rings is 8. The molecule has 0 atom stereocenters. The summed E-state index contributed by atoms with van der Waals surface area (Å²) in [5.41, 5.74) is -1.11. The van der Waals surface area contributed by atoms with Crippen molar-refractivity contribution in [1.29, 1.82) is 0 Å². The molecule has 0 saturated heterocycles. The smallest absolute Gasteiger partial charge is 0.744 e. The molecule has 0 radical (unpaired) electrons. The largest absolute Gasteiger partial charge is 1.00 e. The molecule has 0 aliphatic carbocycles. The molecule has 0 aliphatic rings. The first-order chi connectivity index (χ1) is 35.3. The van der Waals surface area contributed by atoms with Crippen molar-refractivity contribution in [3.05, 3.63) is 121 Å². The summed E-state index contributed by atoms with van der Waals surface area (Å²) in [5, 5.41) is 25.8. The number of rotatable bonds is 19. The minimum atomic E-state index is -5.46. The second kappa shape index (κ2) is 30.3. The molecule has 8 aromatic rings. The molecule has 8 aromatic carbocycles. The average molecular weight is 1360 g/mol. The van der Waals surface area contributed by atoms with Gasteiger partial charge in [-0.2, -0.15) is 8.67 Å². The van der Waals surface area contributed by atoms with E-state index in [1.807, 2.05) is 0 Å². The van der Waals surface area contributed by atoms with E-state index >= 15 is 0 Å². The van der Waals surface area contributed by atoms with Gasteiger partial charge in [0.1, 0.15) is 40.5 Å². The van der Waals surface area contributed by atoms with E-state index in [4.69, 9.17) is 0 Å². The van der Waals surface area contributed by atoms with Gasteiger partial charge in [-0.05, 0) is 135 Å². The van der Waals surface area contributed by atoms with Gasteiger partial charge in [-0.1, -0.05) is 24.3 Å². The Bertz CT molecular complexity index is 4610. The maximum atomic E-state index is 14.4. The second-order valence-corrected chi connectivity index (χ2v) is 27.4. The molecule has 42 heteroatoms. The van der Waals surface area contributed by atoms with Crippen LogP contribution in [0, 0.1) is 0 Å². The molecule has 82 heavy (non-hydrogen) atoms. The van der Waals surface area contributed by atoms with Crippen LogP contribution in [0.2, 0.25) is 0 Å². The molecule has 0 aliphatic heterocycles.